The Bertz CT molecular complexity index is 1200. The van der Waals surface area contributed by atoms with Gasteiger partial charge in [0.1, 0.15) is 17.2 Å². The van der Waals surface area contributed by atoms with Crippen molar-refractivity contribution in [2.24, 2.45) is 0 Å². The number of tetrazole rings is 1. The number of hydrogen-bond donors (Lipinski definition) is 2. The van der Waals surface area contributed by atoms with Crippen molar-refractivity contribution < 1.29 is 28.6 Å². The molecule has 0 spiro atoms. The topological polar surface area (TPSA) is 154 Å². The fraction of sp³-hybridized carbons (Fsp3) is 0.409. The Morgan fingerprint density at radius 3 is 2.61 bits per heavy atom. The van der Waals surface area contributed by atoms with Crippen molar-refractivity contribution >= 4 is 23.7 Å². The zero-order valence-electron chi connectivity index (χ0n) is 19.8. The van der Waals surface area contributed by atoms with Crippen LogP contribution in [0.25, 0.3) is 11.4 Å². The average molecular weight is 522 g/mol. The molecule has 3 aromatic rings. The van der Waals surface area contributed by atoms with E-state index in [4.69, 9.17) is 26.2 Å². The van der Waals surface area contributed by atoms with Gasteiger partial charge in [0.2, 0.25) is 11.1 Å². The van der Waals surface area contributed by atoms with Gasteiger partial charge < -0.3 is 19.9 Å². The van der Waals surface area contributed by atoms with Gasteiger partial charge in [0.05, 0.1) is 31.2 Å². The molecule has 0 saturated heterocycles. The highest BCUT2D eigenvalue weighted by atomic mass is 35.5. The van der Waals surface area contributed by atoms with Gasteiger partial charge in [-0.3, -0.25) is 4.79 Å². The van der Waals surface area contributed by atoms with E-state index in [1.54, 1.807) is 39.2 Å². The summed E-state index contributed by atoms with van der Waals surface area (Å²) < 4.78 is 25.5. The molecule has 12 nitrogen and oxygen atoms in total. The number of aliphatic carboxylic acids is 1. The quantitative estimate of drug-likeness (QED) is 0.380. The van der Waals surface area contributed by atoms with E-state index in [9.17, 15) is 14.0 Å². The Morgan fingerprint density at radius 1 is 1.25 bits per heavy atom. The summed E-state index contributed by atoms with van der Waals surface area (Å²) >= 11 is 5.65. The highest BCUT2D eigenvalue weighted by Gasteiger charge is 2.23. The molecular formula is C22H25ClFN7O5. The van der Waals surface area contributed by atoms with Crippen LogP contribution in [0.3, 0.4) is 0 Å². The number of carbonyl (C=O) groups excluding carboxylic acids is 1. The summed E-state index contributed by atoms with van der Waals surface area (Å²) in [4.78, 5) is 32.1. The number of hydrogen-bond acceptors (Lipinski definition) is 9. The molecule has 2 aromatic heterocycles. The maximum atomic E-state index is 14.7. The fourth-order valence-corrected chi connectivity index (χ4v) is 3.09. The van der Waals surface area contributed by atoms with Gasteiger partial charge in [0, 0.05) is 24.9 Å². The van der Waals surface area contributed by atoms with Crippen molar-refractivity contribution in [3.8, 4) is 17.1 Å². The lowest BCUT2D eigenvalue weighted by Gasteiger charge is -2.22. The van der Waals surface area contributed by atoms with Crippen molar-refractivity contribution in [2.75, 3.05) is 6.61 Å². The monoisotopic (exact) mass is 521 g/mol. The smallest absolute Gasteiger partial charge is 0.407 e. The number of nitrogens with one attached hydrogen (secondary N) is 1. The molecule has 0 fully saturated rings. The van der Waals surface area contributed by atoms with E-state index in [-0.39, 0.29) is 29.8 Å². The zero-order valence-corrected chi connectivity index (χ0v) is 20.6. The van der Waals surface area contributed by atoms with Crippen LogP contribution in [0.4, 0.5) is 9.18 Å². The van der Waals surface area contributed by atoms with Gasteiger partial charge in [-0.1, -0.05) is 0 Å². The van der Waals surface area contributed by atoms with Crippen molar-refractivity contribution in [3.05, 3.63) is 47.3 Å². The second kappa shape index (κ2) is 11.7. The lowest BCUT2D eigenvalue weighted by molar-refractivity contribution is -0.137. The summed E-state index contributed by atoms with van der Waals surface area (Å²) in [5.74, 6) is -1.47. The van der Waals surface area contributed by atoms with Crippen LogP contribution < -0.4 is 10.1 Å². The van der Waals surface area contributed by atoms with Crippen LogP contribution in [0.15, 0.2) is 30.6 Å². The van der Waals surface area contributed by atoms with Gasteiger partial charge in [-0.15, -0.1) is 10.2 Å². The van der Waals surface area contributed by atoms with Crippen molar-refractivity contribution in [2.45, 2.75) is 51.8 Å². The molecule has 192 valence electrons. The molecule has 0 saturated carbocycles. The predicted molar refractivity (Wildman–Crippen MR) is 125 cm³/mol. The molecule has 0 aliphatic carbocycles. The Labute approximate surface area is 210 Å². The van der Waals surface area contributed by atoms with Crippen LogP contribution in [0.5, 0.6) is 5.75 Å². The minimum absolute atomic E-state index is 0.0105. The number of halogens is 2. The van der Waals surface area contributed by atoms with Gasteiger partial charge in [0.15, 0.2) is 0 Å². The molecule has 2 heterocycles. The van der Waals surface area contributed by atoms with E-state index in [1.165, 1.54) is 12.1 Å². The highest BCUT2D eigenvalue weighted by molar-refractivity contribution is 6.28. The number of carbonyl (C=O) groups is 2. The van der Waals surface area contributed by atoms with Crippen molar-refractivity contribution in [1.82, 2.24) is 35.5 Å². The fourth-order valence-electron chi connectivity index (χ4n) is 2.99. The van der Waals surface area contributed by atoms with Crippen LogP contribution in [-0.4, -0.2) is 65.6 Å². The van der Waals surface area contributed by atoms with E-state index >= 15 is 0 Å². The number of carboxylic acid groups (broad SMARTS) is 1. The molecule has 0 radical (unpaired) electrons. The minimum atomic E-state index is -1.14. The van der Waals surface area contributed by atoms with Crippen LogP contribution in [0, 0.1) is 5.82 Å². The first kappa shape index (κ1) is 26.7. The first-order valence-electron chi connectivity index (χ1n) is 10.9. The van der Waals surface area contributed by atoms with E-state index in [0.717, 1.165) is 10.4 Å². The number of alkyl carbamates (subject to hydrolysis) is 1. The van der Waals surface area contributed by atoms with Crippen LogP contribution in [0.2, 0.25) is 5.28 Å². The number of amides is 1. The van der Waals surface area contributed by atoms with Gasteiger partial charge in [-0.05, 0) is 55.3 Å². The minimum Gasteiger partial charge on any atom is -0.493 e. The molecule has 1 aromatic carbocycles. The number of ether oxygens (including phenoxy) is 2. The van der Waals surface area contributed by atoms with E-state index in [1.807, 2.05) is 0 Å². The van der Waals surface area contributed by atoms with Gasteiger partial charge >= 0.3 is 12.1 Å². The standard InChI is InChI=1S/C22H25ClFN7O5/c1-22(2,3)36-21(34)27-14(8-18(32)33)12-31-29-19(28-30-31)16-5-4-15(9-17(16)24)35-7-6-13-10-25-20(23)26-11-13/h4-5,9-11,14H,6-8,12H2,1-3H3,(H,27,34)(H,32,33). The average Bonchev–Trinajstić information content (AvgIpc) is 3.21. The lowest BCUT2D eigenvalue weighted by atomic mass is 10.2. The normalized spacial score (nSPS) is 12.1. The van der Waals surface area contributed by atoms with Crippen molar-refractivity contribution in [1.29, 1.82) is 0 Å². The highest BCUT2D eigenvalue weighted by Crippen LogP contribution is 2.23. The van der Waals surface area contributed by atoms with E-state index < -0.39 is 35.9 Å². The van der Waals surface area contributed by atoms with Gasteiger partial charge in [-0.25, -0.2) is 19.2 Å². The second-order valence-corrected chi connectivity index (χ2v) is 9.05. The van der Waals surface area contributed by atoms with E-state index in [0.29, 0.717) is 12.2 Å². The Morgan fingerprint density at radius 2 is 1.97 bits per heavy atom. The summed E-state index contributed by atoms with van der Waals surface area (Å²) in [5.41, 5.74) is 0.142. The molecule has 0 aliphatic rings. The summed E-state index contributed by atoms with van der Waals surface area (Å²) in [6.07, 6.45) is 2.49. The third-order valence-corrected chi connectivity index (χ3v) is 4.69. The third-order valence-electron chi connectivity index (χ3n) is 4.49. The number of aromatic nitrogens is 6. The maximum absolute atomic E-state index is 14.7. The molecule has 1 unspecified atom stereocenters. The van der Waals surface area contributed by atoms with Gasteiger partial charge in [-0.2, -0.15) is 4.80 Å². The molecule has 3 rings (SSSR count). The van der Waals surface area contributed by atoms with Crippen LogP contribution in [0.1, 0.15) is 32.8 Å². The summed E-state index contributed by atoms with van der Waals surface area (Å²) in [6.45, 7) is 5.21. The number of carboxylic acids is 1. The molecule has 36 heavy (non-hydrogen) atoms. The molecule has 14 heteroatoms. The summed E-state index contributed by atoms with van der Waals surface area (Å²) in [5, 5.41) is 23.6. The zero-order chi connectivity index (χ0) is 26.3. The Hall–Kier alpha value is -3.87. The molecule has 0 aliphatic heterocycles. The lowest BCUT2D eigenvalue weighted by Crippen LogP contribution is -2.42. The molecule has 1 atom stereocenters. The maximum Gasteiger partial charge on any atom is 0.407 e. The summed E-state index contributed by atoms with van der Waals surface area (Å²) in [6, 6.07) is 3.33. The number of benzene rings is 1. The van der Waals surface area contributed by atoms with Crippen LogP contribution in [-0.2, 0) is 22.5 Å². The molecule has 0 bridgehead atoms. The molecule has 2 N–H and O–H groups in total. The third kappa shape index (κ3) is 8.41. The molecule has 1 amide bonds. The number of nitrogens with zero attached hydrogens (tertiary/aromatic N) is 6. The second-order valence-electron chi connectivity index (χ2n) is 8.71. The van der Waals surface area contributed by atoms with Gasteiger partial charge in [0.25, 0.3) is 0 Å². The Kier molecular flexibility index (Phi) is 8.69. The van der Waals surface area contributed by atoms with Crippen LogP contribution >= 0.6 is 11.6 Å². The first-order chi connectivity index (χ1) is 17.0. The first-order valence-corrected chi connectivity index (χ1v) is 11.2. The predicted octanol–water partition coefficient (Wildman–Crippen LogP) is 2.91. The largest absolute Gasteiger partial charge is 0.493 e. The van der Waals surface area contributed by atoms with Crippen molar-refractivity contribution in [3.63, 3.8) is 0 Å². The SMILES string of the molecule is CC(C)(C)OC(=O)NC(CC(=O)O)Cn1nnc(-c2ccc(OCCc3cnc(Cl)nc3)cc2F)n1. The number of rotatable bonds is 10. The Balaban J connectivity index is 1.61. The summed E-state index contributed by atoms with van der Waals surface area (Å²) in [7, 11) is 0. The molecular weight excluding hydrogens is 497 g/mol. The van der Waals surface area contributed by atoms with E-state index in [2.05, 4.69) is 30.7 Å².